The zero-order valence-corrected chi connectivity index (χ0v) is 17.9. The highest BCUT2D eigenvalue weighted by Crippen LogP contribution is 2.26. The second-order valence-corrected chi connectivity index (χ2v) is 8.08. The zero-order chi connectivity index (χ0) is 22.9. The van der Waals surface area contributed by atoms with Crippen LogP contribution in [0.25, 0.3) is 16.6 Å². The number of benzene rings is 1. The molecule has 164 valence electrons. The standard InChI is InChI=1S/C23H23FN6O2/c1-14-10-18(8-9-25-14)30-19-13-26-20(11-16(19)12-27-30)28-22(31)29-21(23(2,3)32)15-4-6-17(24)7-5-15/h4-13,21,32H,1-3H3,(H2,26,28,29,31). The molecule has 1 unspecified atom stereocenters. The van der Waals surface area contributed by atoms with E-state index >= 15 is 0 Å². The number of hydrogen-bond donors (Lipinski definition) is 3. The number of pyridine rings is 2. The predicted octanol–water partition coefficient (Wildman–Crippen LogP) is 3.90. The largest absolute Gasteiger partial charge is 0.388 e. The second kappa shape index (κ2) is 8.35. The van der Waals surface area contributed by atoms with Gasteiger partial charge in [-0.15, -0.1) is 0 Å². The van der Waals surface area contributed by atoms with Gasteiger partial charge in [-0.2, -0.15) is 5.10 Å². The first-order valence-electron chi connectivity index (χ1n) is 10.0. The number of amides is 2. The number of rotatable bonds is 5. The SMILES string of the molecule is Cc1cc(-n2ncc3cc(NC(=O)NC(c4ccc(F)cc4)C(C)(C)O)ncc32)ccn1. The Morgan fingerprint density at radius 3 is 2.56 bits per heavy atom. The van der Waals surface area contributed by atoms with Gasteiger partial charge in [-0.05, 0) is 56.7 Å². The highest BCUT2D eigenvalue weighted by molar-refractivity contribution is 5.91. The molecule has 9 heteroatoms. The maximum atomic E-state index is 13.3. The van der Waals surface area contributed by atoms with E-state index in [0.717, 1.165) is 22.3 Å². The molecule has 4 aromatic rings. The van der Waals surface area contributed by atoms with Crippen LogP contribution < -0.4 is 10.6 Å². The van der Waals surface area contributed by atoms with Crippen molar-refractivity contribution in [1.29, 1.82) is 0 Å². The van der Waals surface area contributed by atoms with Gasteiger partial charge in [0.1, 0.15) is 11.6 Å². The molecule has 3 aromatic heterocycles. The molecule has 0 bridgehead atoms. The Hall–Kier alpha value is -3.85. The highest BCUT2D eigenvalue weighted by atomic mass is 19.1. The van der Waals surface area contributed by atoms with Gasteiger partial charge < -0.3 is 10.4 Å². The van der Waals surface area contributed by atoms with Crippen molar-refractivity contribution in [1.82, 2.24) is 25.1 Å². The molecule has 0 fully saturated rings. The lowest BCUT2D eigenvalue weighted by molar-refractivity contribution is 0.0415. The average Bonchev–Trinajstić information content (AvgIpc) is 3.15. The third-order valence-electron chi connectivity index (χ3n) is 5.01. The van der Waals surface area contributed by atoms with Gasteiger partial charge in [0.05, 0.1) is 35.2 Å². The van der Waals surface area contributed by atoms with Crippen LogP contribution >= 0.6 is 0 Å². The first-order chi connectivity index (χ1) is 15.2. The van der Waals surface area contributed by atoms with Gasteiger partial charge in [-0.3, -0.25) is 10.3 Å². The van der Waals surface area contributed by atoms with Crippen LogP contribution in [0.4, 0.5) is 15.0 Å². The Morgan fingerprint density at radius 2 is 1.88 bits per heavy atom. The van der Waals surface area contributed by atoms with E-state index in [1.54, 1.807) is 43.2 Å². The number of aryl methyl sites for hydroxylation is 1. The van der Waals surface area contributed by atoms with E-state index in [4.69, 9.17) is 0 Å². The van der Waals surface area contributed by atoms with Crippen LogP contribution in [0.5, 0.6) is 0 Å². The number of nitrogens with zero attached hydrogens (tertiary/aromatic N) is 4. The molecule has 3 heterocycles. The molecule has 0 aliphatic rings. The average molecular weight is 434 g/mol. The molecule has 1 atom stereocenters. The van der Waals surface area contributed by atoms with Gasteiger partial charge >= 0.3 is 6.03 Å². The molecule has 1 aromatic carbocycles. The maximum Gasteiger partial charge on any atom is 0.320 e. The van der Waals surface area contributed by atoms with E-state index < -0.39 is 23.5 Å². The molecular weight excluding hydrogens is 411 g/mol. The molecule has 4 rings (SSSR count). The lowest BCUT2D eigenvalue weighted by Crippen LogP contribution is -2.43. The normalized spacial score (nSPS) is 12.5. The minimum absolute atomic E-state index is 0.328. The van der Waals surface area contributed by atoms with Crippen molar-refractivity contribution in [3.8, 4) is 5.69 Å². The van der Waals surface area contributed by atoms with Gasteiger partial charge in [-0.25, -0.2) is 18.9 Å². The quantitative estimate of drug-likeness (QED) is 0.442. The van der Waals surface area contributed by atoms with Crippen molar-refractivity contribution in [3.63, 3.8) is 0 Å². The molecule has 0 aliphatic heterocycles. The second-order valence-electron chi connectivity index (χ2n) is 8.08. The van der Waals surface area contributed by atoms with E-state index in [1.807, 2.05) is 19.1 Å². The van der Waals surface area contributed by atoms with Gasteiger partial charge in [0.25, 0.3) is 0 Å². The Balaban J connectivity index is 1.53. The van der Waals surface area contributed by atoms with Gasteiger partial charge in [0.2, 0.25) is 0 Å². The summed E-state index contributed by atoms with van der Waals surface area (Å²) >= 11 is 0. The summed E-state index contributed by atoms with van der Waals surface area (Å²) in [6.07, 6.45) is 5.03. The Bertz CT molecular complexity index is 1260. The van der Waals surface area contributed by atoms with Crippen molar-refractivity contribution in [2.45, 2.75) is 32.4 Å². The summed E-state index contributed by atoms with van der Waals surface area (Å²) in [7, 11) is 0. The number of carbonyl (C=O) groups excluding carboxylic acids is 1. The molecule has 2 amide bonds. The summed E-state index contributed by atoms with van der Waals surface area (Å²) < 4.78 is 15.0. The van der Waals surface area contributed by atoms with Crippen LogP contribution in [0, 0.1) is 12.7 Å². The fourth-order valence-electron chi connectivity index (χ4n) is 3.47. The lowest BCUT2D eigenvalue weighted by atomic mass is 9.92. The van der Waals surface area contributed by atoms with Crippen molar-refractivity contribution in [2.24, 2.45) is 0 Å². The summed E-state index contributed by atoms with van der Waals surface area (Å²) in [6.45, 7) is 5.04. The number of fused-ring (bicyclic) bond motifs is 1. The fourth-order valence-corrected chi connectivity index (χ4v) is 3.47. The number of aromatic nitrogens is 4. The third-order valence-corrected chi connectivity index (χ3v) is 5.01. The summed E-state index contributed by atoms with van der Waals surface area (Å²) in [5, 5.41) is 21.1. The lowest BCUT2D eigenvalue weighted by Gasteiger charge is -2.30. The number of nitrogens with one attached hydrogen (secondary N) is 2. The highest BCUT2D eigenvalue weighted by Gasteiger charge is 2.30. The van der Waals surface area contributed by atoms with Gasteiger partial charge in [-0.1, -0.05) is 12.1 Å². The summed E-state index contributed by atoms with van der Waals surface area (Å²) in [4.78, 5) is 21.2. The minimum atomic E-state index is -1.28. The molecule has 8 nitrogen and oxygen atoms in total. The summed E-state index contributed by atoms with van der Waals surface area (Å²) in [6, 6.07) is 9.79. The number of anilines is 1. The Morgan fingerprint density at radius 1 is 1.12 bits per heavy atom. The van der Waals surface area contributed by atoms with Crippen LogP contribution in [0.3, 0.4) is 0 Å². The molecule has 3 N–H and O–H groups in total. The van der Waals surface area contributed by atoms with E-state index in [0.29, 0.717) is 11.4 Å². The summed E-state index contributed by atoms with van der Waals surface area (Å²) in [5.41, 5.74) is 1.81. The van der Waals surface area contributed by atoms with E-state index in [2.05, 4.69) is 25.7 Å². The first-order valence-corrected chi connectivity index (χ1v) is 10.0. The molecule has 0 saturated carbocycles. The monoisotopic (exact) mass is 434 g/mol. The minimum Gasteiger partial charge on any atom is -0.388 e. The molecule has 0 saturated heterocycles. The molecule has 0 spiro atoms. The number of aliphatic hydroxyl groups is 1. The van der Waals surface area contributed by atoms with Gasteiger partial charge in [0.15, 0.2) is 0 Å². The number of urea groups is 1. The first kappa shape index (κ1) is 21.4. The number of hydrogen-bond acceptors (Lipinski definition) is 5. The molecule has 32 heavy (non-hydrogen) atoms. The number of halogens is 1. The topological polar surface area (TPSA) is 105 Å². The molecule has 0 radical (unpaired) electrons. The summed E-state index contributed by atoms with van der Waals surface area (Å²) in [5.74, 6) is -0.0678. The maximum absolute atomic E-state index is 13.3. The zero-order valence-electron chi connectivity index (χ0n) is 17.9. The van der Waals surface area contributed by atoms with E-state index in [9.17, 15) is 14.3 Å². The van der Waals surface area contributed by atoms with E-state index in [-0.39, 0.29) is 0 Å². The van der Waals surface area contributed by atoms with Crippen LogP contribution in [-0.2, 0) is 0 Å². The molecule has 0 aliphatic carbocycles. The molecular formula is C23H23FN6O2. The van der Waals surface area contributed by atoms with Gasteiger partial charge in [0, 0.05) is 17.3 Å². The Kier molecular flexibility index (Phi) is 5.58. The van der Waals surface area contributed by atoms with Crippen LogP contribution in [0.2, 0.25) is 0 Å². The predicted molar refractivity (Wildman–Crippen MR) is 119 cm³/mol. The third kappa shape index (κ3) is 4.57. The smallest absolute Gasteiger partial charge is 0.320 e. The van der Waals surface area contributed by atoms with Crippen LogP contribution in [-0.4, -0.2) is 36.5 Å². The van der Waals surface area contributed by atoms with Crippen molar-refractivity contribution in [3.05, 3.63) is 78.1 Å². The number of carbonyl (C=O) groups is 1. The van der Waals surface area contributed by atoms with E-state index in [1.165, 1.54) is 24.3 Å². The fraction of sp³-hybridized carbons (Fsp3) is 0.217. The Labute approximate surface area is 184 Å². The van der Waals surface area contributed by atoms with Crippen molar-refractivity contribution in [2.75, 3.05) is 5.32 Å². The van der Waals surface area contributed by atoms with Crippen molar-refractivity contribution >= 4 is 22.8 Å². The van der Waals surface area contributed by atoms with Crippen LogP contribution in [0.1, 0.15) is 31.1 Å². The van der Waals surface area contributed by atoms with Crippen molar-refractivity contribution < 1.29 is 14.3 Å². The van der Waals surface area contributed by atoms with Crippen LogP contribution in [0.15, 0.2) is 61.1 Å².